The van der Waals surface area contributed by atoms with Crippen LogP contribution in [-0.4, -0.2) is 29.2 Å². The van der Waals surface area contributed by atoms with Crippen LogP contribution in [0.1, 0.15) is 78.6 Å². The predicted octanol–water partition coefficient (Wildman–Crippen LogP) is 4.58. The third-order valence-corrected chi connectivity index (χ3v) is 4.14. The molecule has 1 N–H and O–H groups in total. The van der Waals surface area contributed by atoms with Gasteiger partial charge in [-0.2, -0.15) is 0 Å². The first-order valence-corrected chi connectivity index (χ1v) is 8.64. The van der Waals surface area contributed by atoms with Crippen LogP contribution >= 0.6 is 0 Å². The van der Waals surface area contributed by atoms with Gasteiger partial charge in [0.1, 0.15) is 0 Å². The van der Waals surface area contributed by atoms with Gasteiger partial charge >= 0.3 is 0 Å². The van der Waals surface area contributed by atoms with Gasteiger partial charge in [0.25, 0.3) is 0 Å². The summed E-state index contributed by atoms with van der Waals surface area (Å²) in [6, 6.07) is 0. The molecule has 0 aliphatic carbocycles. The molecule has 0 spiro atoms. The Labute approximate surface area is 130 Å². The van der Waals surface area contributed by atoms with Crippen molar-refractivity contribution in [3.8, 4) is 0 Å². The Morgan fingerprint density at radius 1 is 1.05 bits per heavy atom. The van der Waals surface area contributed by atoms with Crippen molar-refractivity contribution in [1.82, 2.24) is 0 Å². The van der Waals surface area contributed by atoms with Crippen LogP contribution in [0.3, 0.4) is 0 Å². The lowest BCUT2D eigenvalue weighted by Crippen LogP contribution is -2.22. The molecule has 3 atom stereocenters. The highest BCUT2D eigenvalue weighted by molar-refractivity contribution is 4.83. The average molecular weight is 298 g/mol. The van der Waals surface area contributed by atoms with Crippen LogP contribution in [0.15, 0.2) is 12.7 Å². The zero-order valence-corrected chi connectivity index (χ0v) is 14.1. The van der Waals surface area contributed by atoms with E-state index in [9.17, 15) is 5.11 Å². The predicted molar refractivity (Wildman–Crippen MR) is 87.3 cm³/mol. The molecule has 3 heteroatoms. The lowest BCUT2D eigenvalue weighted by atomic mass is 10.00. The summed E-state index contributed by atoms with van der Waals surface area (Å²) < 4.78 is 12.1. The van der Waals surface area contributed by atoms with Crippen molar-refractivity contribution in [2.75, 3.05) is 0 Å². The minimum Gasteiger partial charge on any atom is -0.389 e. The molecule has 21 heavy (non-hydrogen) atoms. The average Bonchev–Trinajstić information content (AvgIpc) is 2.73. The van der Waals surface area contributed by atoms with E-state index in [4.69, 9.17) is 9.47 Å². The van der Waals surface area contributed by atoms with E-state index in [1.807, 2.05) is 13.8 Å². The SMILES string of the molecule is C=C[C@@H](O)CCC[C@H]1OC(C)(C)O[C@@H]1CCCCCCC. The number of aliphatic hydroxyl groups is 1. The lowest BCUT2D eigenvalue weighted by Gasteiger charge is -2.17. The number of aliphatic hydroxyl groups excluding tert-OH is 1. The molecule has 1 aliphatic rings. The maximum Gasteiger partial charge on any atom is 0.163 e. The highest BCUT2D eigenvalue weighted by Gasteiger charge is 2.40. The van der Waals surface area contributed by atoms with Crippen molar-refractivity contribution in [3.05, 3.63) is 12.7 Å². The zero-order chi connectivity index (χ0) is 15.7. The van der Waals surface area contributed by atoms with Gasteiger partial charge in [0.15, 0.2) is 5.79 Å². The van der Waals surface area contributed by atoms with Crippen molar-refractivity contribution in [1.29, 1.82) is 0 Å². The molecule has 0 bridgehead atoms. The molecule has 1 saturated heterocycles. The van der Waals surface area contributed by atoms with Gasteiger partial charge in [-0.05, 0) is 39.5 Å². The minimum absolute atomic E-state index is 0.170. The Balaban J connectivity index is 2.30. The molecule has 1 rings (SSSR count). The third-order valence-electron chi connectivity index (χ3n) is 4.14. The summed E-state index contributed by atoms with van der Waals surface area (Å²) in [5, 5.41) is 9.53. The number of hydrogen-bond acceptors (Lipinski definition) is 3. The van der Waals surface area contributed by atoms with Crippen LogP contribution in [-0.2, 0) is 9.47 Å². The first-order valence-electron chi connectivity index (χ1n) is 8.64. The number of rotatable bonds is 11. The smallest absolute Gasteiger partial charge is 0.163 e. The Kier molecular flexibility index (Phi) is 8.53. The molecule has 1 fully saturated rings. The van der Waals surface area contributed by atoms with Crippen LogP contribution < -0.4 is 0 Å². The Bertz CT molecular complexity index is 288. The summed E-state index contributed by atoms with van der Waals surface area (Å²) in [6.07, 6.45) is 11.8. The Hall–Kier alpha value is -0.380. The summed E-state index contributed by atoms with van der Waals surface area (Å²) in [6.45, 7) is 9.84. The van der Waals surface area contributed by atoms with Gasteiger partial charge in [0, 0.05) is 0 Å². The Morgan fingerprint density at radius 3 is 2.19 bits per heavy atom. The quantitative estimate of drug-likeness (QED) is 0.448. The summed E-state index contributed by atoms with van der Waals surface area (Å²) in [5.41, 5.74) is 0. The molecular formula is C18H34O3. The summed E-state index contributed by atoms with van der Waals surface area (Å²) in [5.74, 6) is -0.462. The lowest BCUT2D eigenvalue weighted by molar-refractivity contribution is -0.147. The normalized spacial score (nSPS) is 25.9. The molecule has 0 saturated carbocycles. The third kappa shape index (κ3) is 7.44. The van der Waals surface area contributed by atoms with Crippen molar-refractivity contribution < 1.29 is 14.6 Å². The molecule has 3 nitrogen and oxygen atoms in total. The molecule has 1 heterocycles. The van der Waals surface area contributed by atoms with E-state index >= 15 is 0 Å². The second-order valence-electron chi connectivity index (χ2n) is 6.65. The van der Waals surface area contributed by atoms with Gasteiger partial charge in [-0.15, -0.1) is 6.58 Å². The van der Waals surface area contributed by atoms with E-state index in [0.29, 0.717) is 0 Å². The first kappa shape index (κ1) is 18.7. The second kappa shape index (κ2) is 9.60. The molecule has 0 amide bonds. The van der Waals surface area contributed by atoms with Crippen molar-refractivity contribution >= 4 is 0 Å². The van der Waals surface area contributed by atoms with E-state index in [1.54, 1.807) is 6.08 Å². The highest BCUT2D eigenvalue weighted by atomic mass is 16.7. The van der Waals surface area contributed by atoms with Gasteiger partial charge in [-0.25, -0.2) is 0 Å². The molecule has 0 unspecified atom stereocenters. The molecule has 1 aliphatic heterocycles. The fourth-order valence-electron chi connectivity index (χ4n) is 2.99. The standard InChI is InChI=1S/C18H34O3/c1-5-7-8-9-10-13-16-17(21-18(3,4)20-16)14-11-12-15(19)6-2/h6,15-17,19H,2,5,7-14H2,1,3-4H3/t15-,16-,17-/m1/s1. The minimum atomic E-state index is -0.462. The molecule has 124 valence electrons. The molecule has 0 aromatic carbocycles. The first-order chi connectivity index (χ1) is 9.98. The van der Waals surface area contributed by atoms with Crippen LogP contribution in [0.25, 0.3) is 0 Å². The number of hydrogen-bond donors (Lipinski definition) is 1. The topological polar surface area (TPSA) is 38.7 Å². The van der Waals surface area contributed by atoms with Crippen molar-refractivity contribution in [2.24, 2.45) is 0 Å². The van der Waals surface area contributed by atoms with Crippen LogP contribution in [0.5, 0.6) is 0 Å². The van der Waals surface area contributed by atoms with Crippen LogP contribution in [0.4, 0.5) is 0 Å². The molecule has 0 radical (unpaired) electrons. The van der Waals surface area contributed by atoms with Crippen LogP contribution in [0, 0.1) is 0 Å². The molecule has 0 aromatic rings. The van der Waals surface area contributed by atoms with Gasteiger partial charge < -0.3 is 14.6 Å². The van der Waals surface area contributed by atoms with Gasteiger partial charge in [-0.3, -0.25) is 0 Å². The highest BCUT2D eigenvalue weighted by Crippen LogP contribution is 2.33. The zero-order valence-electron chi connectivity index (χ0n) is 14.1. The molecular weight excluding hydrogens is 264 g/mol. The summed E-state index contributed by atoms with van der Waals surface area (Å²) >= 11 is 0. The van der Waals surface area contributed by atoms with Gasteiger partial charge in [0.2, 0.25) is 0 Å². The second-order valence-corrected chi connectivity index (χ2v) is 6.65. The maximum atomic E-state index is 9.53. The maximum absolute atomic E-state index is 9.53. The van der Waals surface area contributed by atoms with E-state index in [1.165, 1.54) is 32.1 Å². The van der Waals surface area contributed by atoms with Gasteiger partial charge in [0.05, 0.1) is 18.3 Å². The number of ether oxygens (including phenoxy) is 2. The van der Waals surface area contributed by atoms with E-state index in [-0.39, 0.29) is 12.2 Å². The Morgan fingerprint density at radius 2 is 1.62 bits per heavy atom. The van der Waals surface area contributed by atoms with E-state index < -0.39 is 11.9 Å². The fraction of sp³-hybridized carbons (Fsp3) is 0.889. The van der Waals surface area contributed by atoms with E-state index in [0.717, 1.165) is 25.7 Å². The molecule has 0 aromatic heterocycles. The van der Waals surface area contributed by atoms with Crippen molar-refractivity contribution in [2.45, 2.75) is 103 Å². The van der Waals surface area contributed by atoms with Gasteiger partial charge in [-0.1, -0.05) is 45.1 Å². The summed E-state index contributed by atoms with van der Waals surface area (Å²) in [7, 11) is 0. The van der Waals surface area contributed by atoms with Crippen LogP contribution in [0.2, 0.25) is 0 Å². The number of unbranched alkanes of at least 4 members (excludes halogenated alkanes) is 4. The largest absolute Gasteiger partial charge is 0.389 e. The monoisotopic (exact) mass is 298 g/mol. The summed E-state index contributed by atoms with van der Waals surface area (Å²) in [4.78, 5) is 0. The fourth-order valence-corrected chi connectivity index (χ4v) is 2.99. The van der Waals surface area contributed by atoms with Crippen molar-refractivity contribution in [3.63, 3.8) is 0 Å². The van der Waals surface area contributed by atoms with E-state index in [2.05, 4.69) is 13.5 Å².